The van der Waals surface area contributed by atoms with Crippen molar-refractivity contribution < 1.29 is 0 Å². The van der Waals surface area contributed by atoms with E-state index in [0.717, 1.165) is 33.1 Å². The van der Waals surface area contributed by atoms with Gasteiger partial charge in [0.15, 0.2) is 5.65 Å². The molecule has 0 amide bonds. The van der Waals surface area contributed by atoms with Gasteiger partial charge in [-0.1, -0.05) is 36.4 Å². The molecular weight excluding hydrogens is 384 g/mol. The average Bonchev–Trinajstić information content (AvgIpc) is 3.23. The normalized spacial score (nSPS) is 11.9. The molecule has 2 N–H and O–H groups in total. The molecule has 5 aromatic rings. The van der Waals surface area contributed by atoms with Gasteiger partial charge in [0.05, 0.1) is 17.8 Å². The van der Waals surface area contributed by atoms with Crippen LogP contribution in [0.2, 0.25) is 0 Å². The monoisotopic (exact) mass is 402 g/mol. The fraction of sp³-hybridized carbons (Fsp3) is 0.0909. The van der Waals surface area contributed by atoms with E-state index in [4.69, 9.17) is 0 Å². The molecule has 144 valence electrons. The van der Waals surface area contributed by atoms with Crippen molar-refractivity contribution in [1.29, 1.82) is 0 Å². The van der Waals surface area contributed by atoms with Crippen LogP contribution in [-0.2, 0) is 0 Å². The zero-order valence-electron chi connectivity index (χ0n) is 15.7. The highest BCUT2D eigenvalue weighted by Gasteiger charge is 2.10. The fourth-order valence-corrected chi connectivity index (χ4v) is 3.39. The Hall–Kier alpha value is -3.51. The van der Waals surface area contributed by atoms with E-state index in [9.17, 15) is 0 Å². The SMILES string of the molecule is C[C@@H](Nc1ncc2cc(-c3ccnc4[nH]ncc34)ccc2n1)c1ccccc1.Cl. The van der Waals surface area contributed by atoms with E-state index in [1.807, 2.05) is 36.5 Å². The van der Waals surface area contributed by atoms with E-state index >= 15 is 0 Å². The van der Waals surface area contributed by atoms with Gasteiger partial charge in [0.1, 0.15) is 0 Å². The lowest BCUT2D eigenvalue weighted by Gasteiger charge is -2.14. The van der Waals surface area contributed by atoms with Crippen molar-refractivity contribution in [2.45, 2.75) is 13.0 Å². The topological polar surface area (TPSA) is 79.4 Å². The van der Waals surface area contributed by atoms with Gasteiger partial charge in [0.25, 0.3) is 0 Å². The van der Waals surface area contributed by atoms with Crippen LogP contribution in [0, 0.1) is 0 Å². The molecule has 3 heterocycles. The molecule has 3 aromatic heterocycles. The Balaban J connectivity index is 0.00000205. The fourth-order valence-electron chi connectivity index (χ4n) is 3.39. The lowest BCUT2D eigenvalue weighted by molar-refractivity contribution is 0.864. The highest BCUT2D eigenvalue weighted by molar-refractivity contribution is 5.95. The Morgan fingerprint density at radius 3 is 2.69 bits per heavy atom. The van der Waals surface area contributed by atoms with Crippen LogP contribution in [0.25, 0.3) is 33.1 Å². The lowest BCUT2D eigenvalue weighted by atomic mass is 10.0. The van der Waals surface area contributed by atoms with Crippen molar-refractivity contribution in [3.8, 4) is 11.1 Å². The van der Waals surface area contributed by atoms with E-state index in [1.165, 1.54) is 5.56 Å². The van der Waals surface area contributed by atoms with E-state index in [2.05, 4.69) is 61.7 Å². The second kappa shape index (κ2) is 7.85. The standard InChI is InChI=1S/C22H18N6.ClH/c1-14(15-5-3-2-4-6-15)26-22-24-12-17-11-16(7-8-20(17)27-22)18-9-10-23-21-19(18)13-25-28-21;/h2-14H,1H3,(H,23,25,28)(H,24,26,27);1H/t14-;/m1./s1. The summed E-state index contributed by atoms with van der Waals surface area (Å²) in [5.74, 6) is 0.623. The first-order valence-corrected chi connectivity index (χ1v) is 9.15. The minimum atomic E-state index is 0. The molecule has 0 aliphatic carbocycles. The van der Waals surface area contributed by atoms with Crippen LogP contribution in [-0.4, -0.2) is 25.1 Å². The maximum absolute atomic E-state index is 4.67. The van der Waals surface area contributed by atoms with Gasteiger partial charge in [-0.25, -0.2) is 15.0 Å². The maximum Gasteiger partial charge on any atom is 0.223 e. The van der Waals surface area contributed by atoms with Crippen molar-refractivity contribution in [3.05, 3.63) is 78.8 Å². The average molecular weight is 403 g/mol. The first-order valence-electron chi connectivity index (χ1n) is 9.15. The largest absolute Gasteiger partial charge is 0.348 e. The Morgan fingerprint density at radius 1 is 0.966 bits per heavy atom. The van der Waals surface area contributed by atoms with Crippen molar-refractivity contribution in [1.82, 2.24) is 25.1 Å². The number of nitrogens with zero attached hydrogens (tertiary/aromatic N) is 4. The number of rotatable bonds is 4. The van der Waals surface area contributed by atoms with Crippen LogP contribution in [0.15, 0.2) is 73.2 Å². The molecule has 0 aliphatic rings. The number of H-pyrrole nitrogens is 1. The van der Waals surface area contributed by atoms with Crippen molar-refractivity contribution in [3.63, 3.8) is 0 Å². The summed E-state index contributed by atoms with van der Waals surface area (Å²) in [5, 5.41) is 12.4. The minimum Gasteiger partial charge on any atom is -0.348 e. The molecule has 0 saturated heterocycles. The van der Waals surface area contributed by atoms with Gasteiger partial charge < -0.3 is 5.32 Å². The number of nitrogens with one attached hydrogen (secondary N) is 2. The molecule has 2 aromatic carbocycles. The Kier molecular flexibility index (Phi) is 5.10. The second-order valence-corrected chi connectivity index (χ2v) is 6.73. The minimum absolute atomic E-state index is 0. The molecule has 7 heteroatoms. The summed E-state index contributed by atoms with van der Waals surface area (Å²) in [4.78, 5) is 13.5. The van der Waals surface area contributed by atoms with Crippen LogP contribution < -0.4 is 5.32 Å². The number of anilines is 1. The van der Waals surface area contributed by atoms with Crippen molar-refractivity contribution in [2.24, 2.45) is 0 Å². The highest BCUT2D eigenvalue weighted by atomic mass is 35.5. The third-order valence-electron chi connectivity index (χ3n) is 4.89. The molecule has 0 fully saturated rings. The zero-order chi connectivity index (χ0) is 18.9. The molecule has 0 spiro atoms. The first kappa shape index (κ1) is 18.8. The molecule has 0 bridgehead atoms. The molecule has 6 nitrogen and oxygen atoms in total. The van der Waals surface area contributed by atoms with Crippen molar-refractivity contribution >= 4 is 40.3 Å². The van der Waals surface area contributed by atoms with Gasteiger partial charge in [-0.2, -0.15) is 5.10 Å². The van der Waals surface area contributed by atoms with E-state index in [-0.39, 0.29) is 18.4 Å². The predicted molar refractivity (Wildman–Crippen MR) is 118 cm³/mol. The summed E-state index contributed by atoms with van der Waals surface area (Å²) in [5.41, 5.74) is 5.05. The van der Waals surface area contributed by atoms with Gasteiger partial charge in [0, 0.05) is 23.2 Å². The third-order valence-corrected chi connectivity index (χ3v) is 4.89. The third kappa shape index (κ3) is 3.62. The molecule has 0 radical (unpaired) electrons. The number of pyridine rings is 1. The van der Waals surface area contributed by atoms with Crippen LogP contribution in [0.3, 0.4) is 0 Å². The van der Waals surface area contributed by atoms with Crippen LogP contribution in [0.4, 0.5) is 5.95 Å². The number of hydrogen-bond acceptors (Lipinski definition) is 5. The highest BCUT2D eigenvalue weighted by Crippen LogP contribution is 2.29. The van der Waals surface area contributed by atoms with E-state index in [0.29, 0.717) is 5.95 Å². The number of fused-ring (bicyclic) bond motifs is 2. The van der Waals surface area contributed by atoms with Crippen LogP contribution in [0.1, 0.15) is 18.5 Å². The number of aromatic amines is 1. The Bertz CT molecular complexity index is 1270. The smallest absolute Gasteiger partial charge is 0.223 e. The lowest BCUT2D eigenvalue weighted by Crippen LogP contribution is -2.09. The molecule has 0 saturated carbocycles. The number of benzene rings is 2. The summed E-state index contributed by atoms with van der Waals surface area (Å²) in [6.07, 6.45) is 5.45. The van der Waals surface area contributed by atoms with Crippen LogP contribution in [0.5, 0.6) is 0 Å². The quantitative estimate of drug-likeness (QED) is 0.434. The number of hydrogen-bond donors (Lipinski definition) is 2. The van der Waals surface area contributed by atoms with Gasteiger partial charge in [-0.3, -0.25) is 5.10 Å². The van der Waals surface area contributed by atoms with Gasteiger partial charge >= 0.3 is 0 Å². The summed E-state index contributed by atoms with van der Waals surface area (Å²) >= 11 is 0. The Morgan fingerprint density at radius 2 is 1.83 bits per heavy atom. The maximum atomic E-state index is 4.67. The second-order valence-electron chi connectivity index (χ2n) is 6.73. The molecular formula is C22H19ClN6. The summed E-state index contributed by atoms with van der Waals surface area (Å²) in [6, 6.07) is 18.6. The van der Waals surface area contributed by atoms with Gasteiger partial charge in [-0.15, -0.1) is 12.4 Å². The molecule has 1 atom stereocenters. The molecule has 0 aliphatic heterocycles. The number of halogens is 1. The van der Waals surface area contributed by atoms with E-state index in [1.54, 1.807) is 12.4 Å². The molecule has 5 rings (SSSR count). The summed E-state index contributed by atoms with van der Waals surface area (Å²) < 4.78 is 0. The predicted octanol–water partition coefficient (Wildman–Crippen LogP) is 5.16. The molecule has 29 heavy (non-hydrogen) atoms. The summed E-state index contributed by atoms with van der Waals surface area (Å²) in [7, 11) is 0. The summed E-state index contributed by atoms with van der Waals surface area (Å²) in [6.45, 7) is 2.10. The van der Waals surface area contributed by atoms with Gasteiger partial charge in [0.2, 0.25) is 5.95 Å². The van der Waals surface area contributed by atoms with Crippen LogP contribution >= 0.6 is 12.4 Å². The van der Waals surface area contributed by atoms with Gasteiger partial charge in [-0.05, 0) is 41.8 Å². The number of aromatic nitrogens is 5. The van der Waals surface area contributed by atoms with E-state index < -0.39 is 0 Å². The molecule has 0 unspecified atom stereocenters. The Labute approximate surface area is 173 Å². The zero-order valence-corrected chi connectivity index (χ0v) is 16.5. The van der Waals surface area contributed by atoms with Crippen molar-refractivity contribution in [2.75, 3.05) is 5.32 Å². The first-order chi connectivity index (χ1) is 13.8.